The molecule has 5 heteroatoms. The van der Waals surface area contributed by atoms with Gasteiger partial charge in [-0.2, -0.15) is 4.98 Å². The van der Waals surface area contributed by atoms with E-state index in [2.05, 4.69) is 41.1 Å². The van der Waals surface area contributed by atoms with E-state index in [-0.39, 0.29) is 11.8 Å². The summed E-state index contributed by atoms with van der Waals surface area (Å²) in [6, 6.07) is 17.0. The number of oxazole rings is 1. The van der Waals surface area contributed by atoms with Crippen molar-refractivity contribution in [3.05, 3.63) is 59.7 Å². The number of hydrogen-bond acceptors (Lipinski definition) is 4. The van der Waals surface area contributed by atoms with Crippen LogP contribution in [0.5, 0.6) is 0 Å². The molecule has 1 amide bonds. The van der Waals surface area contributed by atoms with E-state index in [9.17, 15) is 4.79 Å². The van der Waals surface area contributed by atoms with Gasteiger partial charge >= 0.3 is 0 Å². The highest BCUT2D eigenvalue weighted by Gasteiger charge is 2.29. The van der Waals surface area contributed by atoms with Crippen molar-refractivity contribution in [2.45, 2.75) is 32.7 Å². The number of nitrogens with zero attached hydrogens (tertiary/aromatic N) is 3. The van der Waals surface area contributed by atoms with Crippen LogP contribution >= 0.6 is 0 Å². The quantitative estimate of drug-likeness (QED) is 0.666. The molecule has 1 saturated heterocycles. The Labute approximate surface area is 166 Å². The maximum atomic E-state index is 12.9. The van der Waals surface area contributed by atoms with E-state index in [0.717, 1.165) is 43.5 Å². The molecule has 0 saturated carbocycles. The number of piperidine rings is 1. The lowest BCUT2D eigenvalue weighted by Crippen LogP contribution is -2.41. The summed E-state index contributed by atoms with van der Waals surface area (Å²) in [5.41, 5.74) is 4.19. The van der Waals surface area contributed by atoms with Crippen LogP contribution in [0.15, 0.2) is 52.9 Å². The molecular weight excluding hydrogens is 350 g/mol. The van der Waals surface area contributed by atoms with Crippen LogP contribution < -0.4 is 4.90 Å². The molecule has 1 fully saturated rings. The van der Waals surface area contributed by atoms with Gasteiger partial charge in [-0.15, -0.1) is 0 Å². The van der Waals surface area contributed by atoms with E-state index in [1.165, 1.54) is 11.1 Å². The molecule has 0 bridgehead atoms. The van der Waals surface area contributed by atoms with Crippen molar-refractivity contribution in [3.8, 4) is 0 Å². The second kappa shape index (κ2) is 8.05. The van der Waals surface area contributed by atoms with Crippen LogP contribution in [0, 0.1) is 5.92 Å². The van der Waals surface area contributed by atoms with Crippen LogP contribution in [0.1, 0.15) is 30.9 Å². The van der Waals surface area contributed by atoms with Gasteiger partial charge in [-0.1, -0.05) is 43.3 Å². The number of anilines is 1. The molecule has 2 heterocycles. The number of carbonyl (C=O) groups excluding carboxylic acids is 1. The lowest BCUT2D eigenvalue weighted by atomic mass is 9.95. The zero-order valence-electron chi connectivity index (χ0n) is 16.6. The Morgan fingerprint density at radius 2 is 1.79 bits per heavy atom. The maximum Gasteiger partial charge on any atom is 0.298 e. The Morgan fingerprint density at radius 1 is 1.11 bits per heavy atom. The summed E-state index contributed by atoms with van der Waals surface area (Å²) >= 11 is 0. The number of rotatable bonds is 5. The molecule has 1 aliphatic rings. The van der Waals surface area contributed by atoms with Gasteiger partial charge in [-0.3, -0.25) is 4.79 Å². The smallest absolute Gasteiger partial charge is 0.298 e. The minimum absolute atomic E-state index is 0.0699. The Hall–Kier alpha value is -2.82. The molecule has 1 aliphatic heterocycles. The van der Waals surface area contributed by atoms with Crippen molar-refractivity contribution < 1.29 is 9.21 Å². The van der Waals surface area contributed by atoms with Crippen LogP contribution in [0.25, 0.3) is 11.1 Å². The maximum absolute atomic E-state index is 12.9. The summed E-state index contributed by atoms with van der Waals surface area (Å²) in [6.45, 7) is 4.40. The molecule has 0 atom stereocenters. The number of fused-ring (bicyclic) bond motifs is 1. The van der Waals surface area contributed by atoms with Gasteiger partial charge in [0.2, 0.25) is 5.91 Å². The fourth-order valence-electron chi connectivity index (χ4n) is 3.86. The SMILES string of the molecule is CCc1ccc(CN(C)C(=O)C2CCN(c3nc4ccccc4o3)CC2)cc1. The lowest BCUT2D eigenvalue weighted by Gasteiger charge is -2.32. The average Bonchev–Trinajstić information content (AvgIpc) is 3.18. The van der Waals surface area contributed by atoms with Crippen molar-refractivity contribution in [2.75, 3.05) is 25.0 Å². The topological polar surface area (TPSA) is 49.6 Å². The van der Waals surface area contributed by atoms with Crippen molar-refractivity contribution in [1.29, 1.82) is 0 Å². The molecule has 0 spiro atoms. The molecule has 146 valence electrons. The number of hydrogen-bond donors (Lipinski definition) is 0. The summed E-state index contributed by atoms with van der Waals surface area (Å²) in [7, 11) is 1.91. The largest absolute Gasteiger partial charge is 0.423 e. The van der Waals surface area contributed by atoms with Gasteiger partial charge in [-0.25, -0.2) is 0 Å². The predicted molar refractivity (Wildman–Crippen MR) is 111 cm³/mol. The number of para-hydroxylation sites is 2. The first-order valence-electron chi connectivity index (χ1n) is 10.1. The number of aromatic nitrogens is 1. The van der Waals surface area contributed by atoms with E-state index < -0.39 is 0 Å². The molecule has 0 aliphatic carbocycles. The zero-order chi connectivity index (χ0) is 19.5. The third-order valence-electron chi connectivity index (χ3n) is 5.62. The summed E-state index contributed by atoms with van der Waals surface area (Å²) < 4.78 is 5.87. The van der Waals surface area contributed by atoms with Crippen LogP contribution in [-0.4, -0.2) is 35.9 Å². The highest BCUT2D eigenvalue weighted by molar-refractivity contribution is 5.79. The Bertz CT molecular complexity index is 907. The first kappa shape index (κ1) is 18.5. The Morgan fingerprint density at radius 3 is 2.46 bits per heavy atom. The zero-order valence-corrected chi connectivity index (χ0v) is 16.6. The van der Waals surface area contributed by atoms with E-state index in [0.29, 0.717) is 12.6 Å². The fourth-order valence-corrected chi connectivity index (χ4v) is 3.86. The lowest BCUT2D eigenvalue weighted by molar-refractivity contribution is -0.135. The first-order chi connectivity index (χ1) is 13.6. The molecule has 2 aromatic carbocycles. The van der Waals surface area contributed by atoms with Gasteiger partial charge in [-0.05, 0) is 42.5 Å². The van der Waals surface area contributed by atoms with Crippen molar-refractivity contribution in [3.63, 3.8) is 0 Å². The number of carbonyl (C=O) groups is 1. The molecule has 0 unspecified atom stereocenters. The summed E-state index contributed by atoms with van der Waals surface area (Å²) in [6.07, 6.45) is 2.70. The van der Waals surface area contributed by atoms with Gasteiger partial charge in [0, 0.05) is 32.6 Å². The van der Waals surface area contributed by atoms with Gasteiger partial charge in [0.05, 0.1) is 0 Å². The molecular formula is C23H27N3O2. The average molecular weight is 377 g/mol. The van der Waals surface area contributed by atoms with Gasteiger partial charge in [0.1, 0.15) is 5.52 Å². The van der Waals surface area contributed by atoms with E-state index >= 15 is 0 Å². The first-order valence-corrected chi connectivity index (χ1v) is 10.1. The molecule has 5 nitrogen and oxygen atoms in total. The van der Waals surface area contributed by atoms with Gasteiger partial charge in [0.15, 0.2) is 5.58 Å². The third-order valence-corrected chi connectivity index (χ3v) is 5.62. The monoisotopic (exact) mass is 377 g/mol. The summed E-state index contributed by atoms with van der Waals surface area (Å²) in [4.78, 5) is 21.5. The molecule has 3 aromatic rings. The minimum Gasteiger partial charge on any atom is -0.423 e. The summed E-state index contributed by atoms with van der Waals surface area (Å²) in [5.74, 6) is 0.303. The number of amides is 1. The van der Waals surface area contributed by atoms with Crippen molar-refractivity contribution in [2.24, 2.45) is 5.92 Å². The minimum atomic E-state index is 0.0699. The van der Waals surface area contributed by atoms with Crippen molar-refractivity contribution >= 4 is 23.0 Å². The van der Waals surface area contributed by atoms with Crippen LogP contribution in [0.3, 0.4) is 0 Å². The molecule has 1 aromatic heterocycles. The predicted octanol–water partition coefficient (Wildman–Crippen LogP) is 4.27. The molecule has 0 radical (unpaired) electrons. The van der Waals surface area contributed by atoms with E-state index in [1.807, 2.05) is 36.2 Å². The second-order valence-corrected chi connectivity index (χ2v) is 7.59. The van der Waals surface area contributed by atoms with Crippen LogP contribution in [0.4, 0.5) is 6.01 Å². The van der Waals surface area contributed by atoms with Crippen LogP contribution in [0.2, 0.25) is 0 Å². The van der Waals surface area contributed by atoms with Gasteiger partial charge in [0.25, 0.3) is 6.01 Å². The Balaban J connectivity index is 1.33. The van der Waals surface area contributed by atoms with Crippen LogP contribution in [-0.2, 0) is 17.8 Å². The number of aryl methyl sites for hydroxylation is 1. The highest BCUT2D eigenvalue weighted by atomic mass is 16.4. The molecule has 28 heavy (non-hydrogen) atoms. The van der Waals surface area contributed by atoms with E-state index in [4.69, 9.17) is 4.42 Å². The number of benzene rings is 2. The van der Waals surface area contributed by atoms with Gasteiger partial charge < -0.3 is 14.2 Å². The third kappa shape index (κ3) is 3.88. The molecule has 4 rings (SSSR count). The summed E-state index contributed by atoms with van der Waals surface area (Å²) in [5, 5.41) is 0. The Kier molecular flexibility index (Phi) is 5.33. The van der Waals surface area contributed by atoms with E-state index in [1.54, 1.807) is 0 Å². The van der Waals surface area contributed by atoms with Crippen molar-refractivity contribution in [1.82, 2.24) is 9.88 Å². The standard InChI is InChI=1S/C23H27N3O2/c1-3-17-8-10-18(11-9-17)16-25(2)22(27)19-12-14-26(15-13-19)23-24-20-6-4-5-7-21(20)28-23/h4-11,19H,3,12-16H2,1-2H3. The highest BCUT2D eigenvalue weighted by Crippen LogP contribution is 2.27. The fraction of sp³-hybridized carbons (Fsp3) is 0.391. The molecule has 0 N–H and O–H groups in total. The normalized spacial score (nSPS) is 15.1. The second-order valence-electron chi connectivity index (χ2n) is 7.59.